The maximum atomic E-state index is 5.83. The quantitative estimate of drug-likeness (QED) is 0.834. The Hall–Kier alpha value is -0.870. The highest BCUT2D eigenvalue weighted by atomic mass is 35.5. The summed E-state index contributed by atoms with van der Waals surface area (Å²) in [6, 6.07) is 3.31. The van der Waals surface area contributed by atoms with Gasteiger partial charge in [0.2, 0.25) is 5.28 Å². The molecule has 4 nitrogen and oxygen atoms in total. The molecule has 3 rings (SSSR count). The second-order valence-corrected chi connectivity index (χ2v) is 5.25. The summed E-state index contributed by atoms with van der Waals surface area (Å²) >= 11 is 5.83. The van der Waals surface area contributed by atoms with Crippen molar-refractivity contribution < 1.29 is 0 Å². The lowest BCUT2D eigenvalue weighted by molar-refractivity contribution is 0.419. The van der Waals surface area contributed by atoms with Crippen molar-refractivity contribution in [2.24, 2.45) is 0 Å². The van der Waals surface area contributed by atoms with Crippen molar-refractivity contribution in [2.75, 3.05) is 18.0 Å². The van der Waals surface area contributed by atoms with Crippen LogP contribution >= 0.6 is 11.6 Å². The fourth-order valence-corrected chi connectivity index (χ4v) is 2.55. The molecule has 0 amide bonds. The van der Waals surface area contributed by atoms with E-state index in [-0.39, 0.29) is 0 Å². The van der Waals surface area contributed by atoms with Crippen LogP contribution in [0.3, 0.4) is 0 Å². The third kappa shape index (κ3) is 2.87. The molecule has 17 heavy (non-hydrogen) atoms. The van der Waals surface area contributed by atoms with Gasteiger partial charge in [0.15, 0.2) is 0 Å². The van der Waals surface area contributed by atoms with Gasteiger partial charge in [-0.25, -0.2) is 9.97 Å². The summed E-state index contributed by atoms with van der Waals surface area (Å²) in [4.78, 5) is 10.5. The van der Waals surface area contributed by atoms with Crippen molar-refractivity contribution in [3.8, 4) is 0 Å². The summed E-state index contributed by atoms with van der Waals surface area (Å²) < 4.78 is 0. The Morgan fingerprint density at radius 2 is 2.18 bits per heavy atom. The van der Waals surface area contributed by atoms with Crippen molar-refractivity contribution in [3.63, 3.8) is 0 Å². The lowest BCUT2D eigenvalue weighted by atomic mass is 10.1. The number of piperidine rings is 1. The molecule has 1 aromatic rings. The number of rotatable bonds is 3. The first kappa shape index (κ1) is 11.2. The lowest BCUT2D eigenvalue weighted by Crippen LogP contribution is -2.46. The van der Waals surface area contributed by atoms with Gasteiger partial charge in [-0.1, -0.05) is 0 Å². The molecule has 0 spiro atoms. The molecule has 1 aliphatic heterocycles. The first-order chi connectivity index (χ1) is 8.31. The van der Waals surface area contributed by atoms with Crippen LogP contribution in [0.25, 0.3) is 0 Å². The van der Waals surface area contributed by atoms with Gasteiger partial charge in [-0.05, 0) is 43.4 Å². The van der Waals surface area contributed by atoms with Crippen molar-refractivity contribution in [3.05, 3.63) is 17.5 Å². The number of nitrogens with one attached hydrogen (secondary N) is 1. The topological polar surface area (TPSA) is 41.1 Å². The summed E-state index contributed by atoms with van der Waals surface area (Å²) in [7, 11) is 0. The zero-order valence-corrected chi connectivity index (χ0v) is 10.5. The smallest absolute Gasteiger partial charge is 0.224 e. The fourth-order valence-electron chi connectivity index (χ4n) is 2.41. The van der Waals surface area contributed by atoms with Gasteiger partial charge in [0.25, 0.3) is 0 Å². The Kier molecular flexibility index (Phi) is 3.16. The van der Waals surface area contributed by atoms with E-state index in [1.807, 2.05) is 6.07 Å². The Morgan fingerprint density at radius 1 is 1.29 bits per heavy atom. The normalized spacial score (nSPS) is 25.0. The highest BCUT2D eigenvalue weighted by Gasteiger charge is 2.27. The largest absolute Gasteiger partial charge is 0.355 e. The number of anilines is 1. The summed E-state index contributed by atoms with van der Waals surface area (Å²) in [6.45, 7) is 2.10. The maximum Gasteiger partial charge on any atom is 0.224 e. The summed E-state index contributed by atoms with van der Waals surface area (Å²) in [5, 5.41) is 4.02. The van der Waals surface area contributed by atoms with Crippen molar-refractivity contribution >= 4 is 17.4 Å². The molecule has 5 heteroatoms. The summed E-state index contributed by atoms with van der Waals surface area (Å²) in [5.41, 5.74) is 0. The molecule has 2 aliphatic rings. The van der Waals surface area contributed by atoms with Crippen molar-refractivity contribution in [2.45, 2.75) is 37.8 Å². The minimum absolute atomic E-state index is 0.333. The Balaban J connectivity index is 1.65. The third-order valence-electron chi connectivity index (χ3n) is 3.41. The Morgan fingerprint density at radius 3 is 2.94 bits per heavy atom. The monoisotopic (exact) mass is 252 g/mol. The van der Waals surface area contributed by atoms with Crippen LogP contribution in [0.1, 0.15) is 25.7 Å². The van der Waals surface area contributed by atoms with Crippen LogP contribution in [0.5, 0.6) is 0 Å². The van der Waals surface area contributed by atoms with Crippen LogP contribution in [0.15, 0.2) is 12.3 Å². The van der Waals surface area contributed by atoms with E-state index in [4.69, 9.17) is 11.6 Å². The van der Waals surface area contributed by atoms with Crippen LogP contribution in [0.2, 0.25) is 5.28 Å². The molecule has 0 aromatic carbocycles. The van der Waals surface area contributed by atoms with E-state index in [9.17, 15) is 0 Å². The number of hydrogen-bond acceptors (Lipinski definition) is 4. The maximum absolute atomic E-state index is 5.83. The average Bonchev–Trinajstić information content (AvgIpc) is 3.13. The van der Waals surface area contributed by atoms with Crippen LogP contribution < -0.4 is 10.2 Å². The molecule has 0 bridgehead atoms. The van der Waals surface area contributed by atoms with Crippen LogP contribution in [-0.2, 0) is 0 Å². The van der Waals surface area contributed by atoms with Gasteiger partial charge in [-0.3, -0.25) is 0 Å². The van der Waals surface area contributed by atoms with Gasteiger partial charge >= 0.3 is 0 Å². The predicted molar refractivity (Wildman–Crippen MR) is 68.4 cm³/mol. The number of halogens is 1. The van der Waals surface area contributed by atoms with Gasteiger partial charge in [-0.15, -0.1) is 0 Å². The molecule has 1 N–H and O–H groups in total. The van der Waals surface area contributed by atoms with E-state index in [0.717, 1.165) is 24.9 Å². The van der Waals surface area contributed by atoms with Gasteiger partial charge in [0.1, 0.15) is 5.82 Å². The molecule has 1 aliphatic carbocycles. The lowest BCUT2D eigenvalue weighted by Gasteiger charge is -2.34. The molecule has 1 aromatic heterocycles. The SMILES string of the molecule is Clc1nccc(N2CCCC(NC3CC3)C2)n1. The highest BCUT2D eigenvalue weighted by molar-refractivity contribution is 6.28. The third-order valence-corrected chi connectivity index (χ3v) is 3.59. The summed E-state index contributed by atoms with van der Waals surface area (Å²) in [5.74, 6) is 0.951. The Labute approximate surface area is 106 Å². The molecule has 1 atom stereocenters. The molecular formula is C12H17ClN4. The molecular weight excluding hydrogens is 236 g/mol. The molecule has 2 fully saturated rings. The Bertz CT molecular complexity index is 394. The van der Waals surface area contributed by atoms with E-state index in [0.29, 0.717) is 11.3 Å². The fraction of sp³-hybridized carbons (Fsp3) is 0.667. The zero-order valence-electron chi connectivity index (χ0n) is 9.77. The number of nitrogens with zero attached hydrogens (tertiary/aromatic N) is 3. The zero-order chi connectivity index (χ0) is 11.7. The second-order valence-electron chi connectivity index (χ2n) is 4.91. The van der Waals surface area contributed by atoms with E-state index in [2.05, 4.69) is 20.2 Å². The minimum Gasteiger partial charge on any atom is -0.355 e. The van der Waals surface area contributed by atoms with Crippen LogP contribution in [0, 0.1) is 0 Å². The number of aromatic nitrogens is 2. The molecule has 2 heterocycles. The minimum atomic E-state index is 0.333. The van der Waals surface area contributed by atoms with Crippen molar-refractivity contribution in [1.82, 2.24) is 15.3 Å². The van der Waals surface area contributed by atoms with E-state index < -0.39 is 0 Å². The van der Waals surface area contributed by atoms with Crippen LogP contribution in [0.4, 0.5) is 5.82 Å². The first-order valence-corrected chi connectivity index (χ1v) is 6.68. The van der Waals surface area contributed by atoms with E-state index >= 15 is 0 Å². The molecule has 1 unspecified atom stereocenters. The van der Waals surface area contributed by atoms with Gasteiger partial charge in [-0.2, -0.15) is 0 Å². The van der Waals surface area contributed by atoms with Crippen molar-refractivity contribution in [1.29, 1.82) is 0 Å². The second kappa shape index (κ2) is 4.78. The van der Waals surface area contributed by atoms with Gasteiger partial charge in [0.05, 0.1) is 0 Å². The van der Waals surface area contributed by atoms with Crippen LogP contribution in [-0.4, -0.2) is 35.1 Å². The molecule has 1 saturated heterocycles. The highest BCUT2D eigenvalue weighted by Crippen LogP contribution is 2.23. The van der Waals surface area contributed by atoms with Gasteiger partial charge in [0, 0.05) is 31.4 Å². The first-order valence-electron chi connectivity index (χ1n) is 6.31. The predicted octanol–water partition coefficient (Wildman–Crippen LogP) is 1.85. The summed E-state index contributed by atoms with van der Waals surface area (Å²) in [6.07, 6.45) is 6.89. The standard InChI is InChI=1S/C12H17ClN4/c13-12-14-6-5-11(16-12)17-7-1-2-10(8-17)15-9-3-4-9/h5-6,9-10,15H,1-4,7-8H2. The average molecular weight is 253 g/mol. The van der Waals surface area contributed by atoms with E-state index in [1.54, 1.807) is 6.20 Å². The van der Waals surface area contributed by atoms with E-state index in [1.165, 1.54) is 25.7 Å². The molecule has 92 valence electrons. The number of hydrogen-bond donors (Lipinski definition) is 1. The molecule has 1 saturated carbocycles. The molecule has 0 radical (unpaired) electrons. The van der Waals surface area contributed by atoms with Gasteiger partial charge < -0.3 is 10.2 Å².